The Balaban J connectivity index is 2.83. The second-order valence-corrected chi connectivity index (χ2v) is 3.77. The minimum atomic E-state index is -1.42. The third-order valence-electron chi connectivity index (χ3n) is 2.53. The van der Waals surface area contributed by atoms with Gasteiger partial charge in [0.25, 0.3) is 0 Å². The molecule has 0 heterocycles. The lowest BCUT2D eigenvalue weighted by molar-refractivity contribution is 0.112. The van der Waals surface area contributed by atoms with Gasteiger partial charge in [0, 0.05) is 7.11 Å². The van der Waals surface area contributed by atoms with Gasteiger partial charge in [0.05, 0.1) is 6.10 Å². The van der Waals surface area contributed by atoms with Gasteiger partial charge in [0.1, 0.15) is 0 Å². The van der Waals surface area contributed by atoms with E-state index in [0.29, 0.717) is 11.4 Å². The van der Waals surface area contributed by atoms with E-state index < -0.39 is 7.12 Å². The number of methoxy groups -OCH3 is 1. The molecule has 0 aromatic rings. The van der Waals surface area contributed by atoms with Crippen LogP contribution in [0.25, 0.3) is 0 Å². The van der Waals surface area contributed by atoms with E-state index in [1.165, 1.54) is 0 Å². The summed E-state index contributed by atoms with van der Waals surface area (Å²) in [4.78, 5) is 0. The third-order valence-corrected chi connectivity index (χ3v) is 2.53. The quantitative estimate of drug-likeness (QED) is 0.645. The van der Waals surface area contributed by atoms with Crippen LogP contribution < -0.4 is 0 Å². The highest BCUT2D eigenvalue weighted by Crippen LogP contribution is 2.21. The van der Waals surface area contributed by atoms with Crippen molar-refractivity contribution >= 4 is 7.12 Å². The largest absolute Gasteiger partial charge is 0.486 e. The average Bonchev–Trinajstić information content (AvgIpc) is 2.10. The molecule has 3 nitrogen and oxygen atoms in total. The van der Waals surface area contributed by atoms with Gasteiger partial charge >= 0.3 is 7.12 Å². The number of rotatable bonds is 2. The monoisotopic (exact) mass is 196 g/mol. The molecule has 1 aliphatic rings. The molecule has 0 saturated carbocycles. The van der Waals surface area contributed by atoms with Crippen molar-refractivity contribution in [3.05, 3.63) is 23.7 Å². The molecule has 0 aliphatic heterocycles. The highest BCUT2D eigenvalue weighted by atomic mass is 16.5. The van der Waals surface area contributed by atoms with Gasteiger partial charge < -0.3 is 14.8 Å². The van der Waals surface area contributed by atoms with Gasteiger partial charge in [-0.15, -0.1) is 0 Å². The normalized spacial score (nSPS) is 30.1. The Morgan fingerprint density at radius 3 is 2.79 bits per heavy atom. The molecule has 4 heteroatoms. The number of hydrogen-bond acceptors (Lipinski definition) is 3. The van der Waals surface area contributed by atoms with Gasteiger partial charge in [-0.25, -0.2) is 0 Å². The fraction of sp³-hybridized carbons (Fsp3) is 0.600. The molecule has 14 heavy (non-hydrogen) atoms. The molecular weight excluding hydrogens is 179 g/mol. The Morgan fingerprint density at radius 1 is 1.50 bits per heavy atom. The van der Waals surface area contributed by atoms with Crippen molar-refractivity contribution in [3.8, 4) is 0 Å². The fourth-order valence-corrected chi connectivity index (χ4v) is 1.68. The van der Waals surface area contributed by atoms with Gasteiger partial charge in [-0.2, -0.15) is 0 Å². The van der Waals surface area contributed by atoms with Crippen molar-refractivity contribution < 1.29 is 14.8 Å². The predicted molar refractivity (Wildman–Crippen MR) is 56.6 cm³/mol. The Bertz CT molecular complexity index is 236. The summed E-state index contributed by atoms with van der Waals surface area (Å²) in [6, 6.07) is 0. The third kappa shape index (κ3) is 2.98. The van der Waals surface area contributed by atoms with Crippen LogP contribution in [0, 0.1) is 5.92 Å². The molecule has 0 fully saturated rings. The zero-order valence-corrected chi connectivity index (χ0v) is 8.68. The van der Waals surface area contributed by atoms with Crippen LogP contribution in [0.15, 0.2) is 23.7 Å². The summed E-state index contributed by atoms with van der Waals surface area (Å²) in [5, 5.41) is 18.3. The lowest BCUT2D eigenvalue weighted by atomic mass is 9.72. The summed E-state index contributed by atoms with van der Waals surface area (Å²) in [6.07, 6.45) is 7.27. The summed E-state index contributed by atoms with van der Waals surface area (Å²) >= 11 is 0. The Morgan fingerprint density at radius 2 is 2.21 bits per heavy atom. The van der Waals surface area contributed by atoms with Gasteiger partial charge in [-0.3, -0.25) is 0 Å². The van der Waals surface area contributed by atoms with Crippen LogP contribution in [0.1, 0.15) is 19.8 Å². The van der Waals surface area contributed by atoms with Crippen molar-refractivity contribution in [2.45, 2.75) is 25.9 Å². The molecule has 0 aromatic heterocycles. The van der Waals surface area contributed by atoms with Crippen LogP contribution in [0.2, 0.25) is 0 Å². The van der Waals surface area contributed by atoms with Crippen molar-refractivity contribution in [1.82, 2.24) is 0 Å². The summed E-state index contributed by atoms with van der Waals surface area (Å²) < 4.78 is 5.25. The van der Waals surface area contributed by atoms with E-state index in [2.05, 4.69) is 6.92 Å². The molecule has 0 bridgehead atoms. The average molecular weight is 196 g/mol. The second-order valence-electron chi connectivity index (χ2n) is 3.77. The molecule has 0 aromatic carbocycles. The van der Waals surface area contributed by atoms with Gasteiger partial charge in [-0.1, -0.05) is 25.2 Å². The topological polar surface area (TPSA) is 49.7 Å². The predicted octanol–water partition coefficient (Wildman–Crippen LogP) is 0.926. The highest BCUT2D eigenvalue weighted by molar-refractivity contribution is 6.51. The Labute approximate surface area is 85.2 Å². The molecule has 78 valence electrons. The molecule has 0 radical (unpaired) electrons. The molecule has 1 aliphatic carbocycles. The maximum atomic E-state index is 9.16. The first-order valence-electron chi connectivity index (χ1n) is 4.90. The number of allylic oxidation sites excluding steroid dienone is 3. The minimum absolute atomic E-state index is 0.185. The van der Waals surface area contributed by atoms with Crippen LogP contribution in [0.3, 0.4) is 0 Å². The van der Waals surface area contributed by atoms with E-state index in [-0.39, 0.29) is 6.10 Å². The maximum absolute atomic E-state index is 9.16. The zero-order valence-electron chi connectivity index (χ0n) is 8.68. The summed E-state index contributed by atoms with van der Waals surface area (Å²) in [5.41, 5.74) is 0.537. The molecular formula is C10H17BO3. The van der Waals surface area contributed by atoms with Crippen LogP contribution in [0.4, 0.5) is 0 Å². The summed E-state index contributed by atoms with van der Waals surface area (Å²) in [7, 11) is 0.175. The van der Waals surface area contributed by atoms with E-state index in [4.69, 9.17) is 14.8 Å². The van der Waals surface area contributed by atoms with Crippen LogP contribution in [0.5, 0.6) is 0 Å². The van der Waals surface area contributed by atoms with Gasteiger partial charge in [-0.05, 0) is 24.2 Å². The van der Waals surface area contributed by atoms with Crippen molar-refractivity contribution in [2.75, 3.05) is 7.11 Å². The van der Waals surface area contributed by atoms with Crippen molar-refractivity contribution in [3.63, 3.8) is 0 Å². The lowest BCUT2D eigenvalue weighted by Crippen LogP contribution is -2.29. The van der Waals surface area contributed by atoms with E-state index in [1.807, 2.05) is 12.2 Å². The molecule has 0 spiro atoms. The second kappa shape index (κ2) is 5.34. The Hall–Kier alpha value is -0.575. The van der Waals surface area contributed by atoms with E-state index in [9.17, 15) is 0 Å². The first-order valence-corrected chi connectivity index (χ1v) is 4.90. The summed E-state index contributed by atoms with van der Waals surface area (Å²) in [6.45, 7) is 2.13. The molecule has 0 saturated heterocycles. The first-order chi connectivity index (χ1) is 6.65. The summed E-state index contributed by atoms with van der Waals surface area (Å²) in [5.74, 6) is 0.499. The zero-order chi connectivity index (χ0) is 10.6. The smallest absolute Gasteiger partial charge is 0.423 e. The van der Waals surface area contributed by atoms with Crippen LogP contribution in [-0.4, -0.2) is 30.4 Å². The molecule has 2 unspecified atom stereocenters. The van der Waals surface area contributed by atoms with E-state index in [1.54, 1.807) is 13.2 Å². The molecule has 1 rings (SSSR count). The van der Waals surface area contributed by atoms with Gasteiger partial charge in [0.15, 0.2) is 0 Å². The molecule has 2 N–H and O–H groups in total. The van der Waals surface area contributed by atoms with Gasteiger partial charge in [0.2, 0.25) is 0 Å². The lowest BCUT2D eigenvalue weighted by Gasteiger charge is -2.22. The standard InChI is InChI=1S/C10H17BO3/c1-8-5-3-4-6-9(11(12)13)10(7-8)14-2/h3-4,6,8,10,12-13H,5,7H2,1-2H3/b4-3-,9-6?. The highest BCUT2D eigenvalue weighted by Gasteiger charge is 2.25. The number of hydrogen-bond donors (Lipinski definition) is 2. The van der Waals surface area contributed by atoms with Crippen LogP contribution in [-0.2, 0) is 4.74 Å². The van der Waals surface area contributed by atoms with Crippen LogP contribution >= 0.6 is 0 Å². The van der Waals surface area contributed by atoms with E-state index >= 15 is 0 Å². The SMILES string of the molecule is COC1CC(C)C/C=C\C=C1B(O)O. The van der Waals surface area contributed by atoms with Crippen molar-refractivity contribution in [2.24, 2.45) is 5.92 Å². The Kier molecular flexibility index (Phi) is 4.39. The van der Waals surface area contributed by atoms with Crippen molar-refractivity contribution in [1.29, 1.82) is 0 Å². The number of ether oxygens (including phenoxy) is 1. The maximum Gasteiger partial charge on any atom is 0.486 e. The minimum Gasteiger partial charge on any atom is -0.423 e. The van der Waals surface area contributed by atoms with E-state index in [0.717, 1.165) is 12.8 Å². The molecule has 2 atom stereocenters. The first kappa shape index (κ1) is 11.5. The molecule has 0 amide bonds. The fourth-order valence-electron chi connectivity index (χ4n) is 1.68.